The normalized spacial score (nSPS) is 14.2. The molecule has 0 radical (unpaired) electrons. The predicted octanol–water partition coefficient (Wildman–Crippen LogP) is 5.34. The van der Waals surface area contributed by atoms with E-state index in [0.29, 0.717) is 18.7 Å². The van der Waals surface area contributed by atoms with Crippen LogP contribution in [-0.2, 0) is 17.8 Å². The summed E-state index contributed by atoms with van der Waals surface area (Å²) < 4.78 is 3.07. The van der Waals surface area contributed by atoms with E-state index in [-0.39, 0.29) is 11.8 Å². The Morgan fingerprint density at radius 3 is 2.41 bits per heavy atom. The number of imidazole rings is 1. The summed E-state index contributed by atoms with van der Waals surface area (Å²) in [7, 11) is 0. The molecule has 180 valence electrons. The van der Waals surface area contributed by atoms with Gasteiger partial charge in [-0.1, -0.05) is 47.3 Å². The van der Waals surface area contributed by atoms with Crippen molar-refractivity contribution in [2.24, 2.45) is 0 Å². The third-order valence-electron chi connectivity index (χ3n) is 6.45. The maximum absolute atomic E-state index is 13.1. The zero-order chi connectivity index (χ0) is 23.8. The second-order valence-corrected chi connectivity index (χ2v) is 9.89. The molecule has 1 saturated heterocycles. The zero-order valence-electron chi connectivity index (χ0n) is 19.6. The lowest BCUT2D eigenvalue weighted by molar-refractivity contribution is -0.131. The molecule has 3 aromatic rings. The molecule has 0 saturated carbocycles. The quantitative estimate of drug-likeness (QED) is 0.384. The molecule has 1 aliphatic rings. The van der Waals surface area contributed by atoms with Crippen LogP contribution in [0.15, 0.2) is 53.0 Å². The van der Waals surface area contributed by atoms with Gasteiger partial charge in [0.1, 0.15) is 12.4 Å². The standard InChI is InChI=1S/C27H33BrN4O2/c28-22-15-13-21(14-16-22)27(34)29-17-7-3-4-12-25-30-23-10-5-6-11-24(23)32(25)20-26(33)31-18-8-1-2-9-19-31/h5-6,10-11,13-16H,1-4,7-9,12,17-20H2,(H,29,34). The lowest BCUT2D eigenvalue weighted by Crippen LogP contribution is -2.34. The monoisotopic (exact) mass is 524 g/mol. The van der Waals surface area contributed by atoms with E-state index >= 15 is 0 Å². The number of hydrogen-bond acceptors (Lipinski definition) is 3. The molecule has 2 aromatic carbocycles. The average molecular weight is 525 g/mol. The van der Waals surface area contributed by atoms with Crippen LogP contribution >= 0.6 is 15.9 Å². The van der Waals surface area contributed by atoms with Crippen LogP contribution in [0.2, 0.25) is 0 Å². The van der Waals surface area contributed by atoms with E-state index < -0.39 is 0 Å². The molecule has 0 bridgehead atoms. The van der Waals surface area contributed by atoms with Crippen LogP contribution in [0.5, 0.6) is 0 Å². The zero-order valence-corrected chi connectivity index (χ0v) is 21.2. The Kier molecular flexibility index (Phi) is 8.74. The van der Waals surface area contributed by atoms with E-state index in [1.807, 2.05) is 47.4 Å². The van der Waals surface area contributed by atoms with Gasteiger partial charge in [-0.05, 0) is 62.1 Å². The molecular formula is C27H33BrN4O2. The van der Waals surface area contributed by atoms with Gasteiger partial charge < -0.3 is 14.8 Å². The first-order valence-electron chi connectivity index (χ1n) is 12.4. The number of aromatic nitrogens is 2. The molecule has 0 atom stereocenters. The van der Waals surface area contributed by atoms with Gasteiger partial charge in [-0.2, -0.15) is 0 Å². The number of carbonyl (C=O) groups is 2. The second kappa shape index (κ2) is 12.2. The molecule has 6 nitrogen and oxygen atoms in total. The Morgan fingerprint density at radius 1 is 0.912 bits per heavy atom. The van der Waals surface area contributed by atoms with Gasteiger partial charge >= 0.3 is 0 Å². The van der Waals surface area contributed by atoms with Crippen molar-refractivity contribution < 1.29 is 9.59 Å². The number of nitrogens with zero attached hydrogens (tertiary/aromatic N) is 3. The number of nitrogens with one attached hydrogen (secondary N) is 1. The molecule has 0 aliphatic carbocycles. The van der Waals surface area contributed by atoms with Crippen molar-refractivity contribution in [1.82, 2.24) is 19.8 Å². The molecule has 0 unspecified atom stereocenters. The summed E-state index contributed by atoms with van der Waals surface area (Å²) in [4.78, 5) is 32.2. The molecule has 2 amide bonds. The van der Waals surface area contributed by atoms with Gasteiger partial charge in [-0.15, -0.1) is 0 Å². The lowest BCUT2D eigenvalue weighted by Gasteiger charge is -2.21. The fourth-order valence-corrected chi connectivity index (χ4v) is 4.80. The first-order valence-corrected chi connectivity index (χ1v) is 13.2. The molecule has 1 aliphatic heterocycles. The molecule has 1 fully saturated rings. The van der Waals surface area contributed by atoms with Crippen LogP contribution in [0.1, 0.15) is 61.1 Å². The van der Waals surface area contributed by atoms with Crippen molar-refractivity contribution in [2.45, 2.75) is 57.9 Å². The van der Waals surface area contributed by atoms with Crippen LogP contribution in [0.3, 0.4) is 0 Å². The number of para-hydroxylation sites is 2. The van der Waals surface area contributed by atoms with Crippen molar-refractivity contribution in [2.75, 3.05) is 19.6 Å². The van der Waals surface area contributed by atoms with Crippen molar-refractivity contribution in [3.05, 3.63) is 64.4 Å². The van der Waals surface area contributed by atoms with Crippen molar-refractivity contribution in [1.29, 1.82) is 0 Å². The minimum Gasteiger partial charge on any atom is -0.352 e. The average Bonchev–Trinajstić information content (AvgIpc) is 3.00. The Bertz CT molecular complexity index is 1100. The van der Waals surface area contributed by atoms with Gasteiger partial charge in [0.2, 0.25) is 5.91 Å². The largest absolute Gasteiger partial charge is 0.352 e. The highest BCUT2D eigenvalue weighted by Crippen LogP contribution is 2.19. The molecule has 1 N–H and O–H groups in total. The molecule has 7 heteroatoms. The number of unbranched alkanes of at least 4 members (excludes halogenated alkanes) is 2. The highest BCUT2D eigenvalue weighted by molar-refractivity contribution is 9.10. The van der Waals surface area contributed by atoms with Crippen molar-refractivity contribution >= 4 is 38.8 Å². The van der Waals surface area contributed by atoms with E-state index in [1.54, 1.807) is 0 Å². The van der Waals surface area contributed by atoms with Crippen LogP contribution in [-0.4, -0.2) is 45.9 Å². The number of benzene rings is 2. The third-order valence-corrected chi connectivity index (χ3v) is 6.98. The van der Waals surface area contributed by atoms with E-state index in [4.69, 9.17) is 4.98 Å². The molecule has 2 heterocycles. The van der Waals surface area contributed by atoms with Crippen LogP contribution < -0.4 is 5.32 Å². The third kappa shape index (κ3) is 6.47. The molecular weight excluding hydrogens is 492 g/mol. The summed E-state index contributed by atoms with van der Waals surface area (Å²) in [5.74, 6) is 1.13. The maximum atomic E-state index is 13.1. The highest BCUT2D eigenvalue weighted by atomic mass is 79.9. The van der Waals surface area contributed by atoms with Crippen LogP contribution in [0.4, 0.5) is 0 Å². The van der Waals surface area contributed by atoms with Crippen molar-refractivity contribution in [3.8, 4) is 0 Å². The van der Waals surface area contributed by atoms with Crippen LogP contribution in [0.25, 0.3) is 11.0 Å². The SMILES string of the molecule is O=C(NCCCCCc1nc2ccccc2n1CC(=O)N1CCCCCC1)c1ccc(Br)cc1. The number of hydrogen-bond donors (Lipinski definition) is 1. The second-order valence-electron chi connectivity index (χ2n) is 8.97. The first kappa shape index (κ1) is 24.5. The number of likely N-dealkylation sites (tertiary alicyclic amines) is 1. The fraction of sp³-hybridized carbons (Fsp3) is 0.444. The van der Waals surface area contributed by atoms with Gasteiger partial charge in [0.15, 0.2) is 0 Å². The number of carbonyl (C=O) groups excluding carboxylic acids is 2. The summed E-state index contributed by atoms with van der Waals surface area (Å²) in [6.45, 7) is 2.75. The van der Waals surface area contributed by atoms with Gasteiger partial charge in [-0.3, -0.25) is 9.59 Å². The van der Waals surface area contributed by atoms with Crippen LogP contribution in [0, 0.1) is 0 Å². The van der Waals surface area contributed by atoms with E-state index in [1.165, 1.54) is 12.8 Å². The summed E-state index contributed by atoms with van der Waals surface area (Å²) >= 11 is 3.39. The number of halogens is 1. The first-order chi connectivity index (χ1) is 16.6. The topological polar surface area (TPSA) is 67.2 Å². The smallest absolute Gasteiger partial charge is 0.251 e. The highest BCUT2D eigenvalue weighted by Gasteiger charge is 2.19. The molecule has 1 aromatic heterocycles. The predicted molar refractivity (Wildman–Crippen MR) is 139 cm³/mol. The Morgan fingerprint density at radius 2 is 1.65 bits per heavy atom. The fourth-order valence-electron chi connectivity index (χ4n) is 4.54. The number of fused-ring (bicyclic) bond motifs is 1. The Labute approximate surface area is 209 Å². The number of rotatable bonds is 9. The van der Waals surface area contributed by atoms with Gasteiger partial charge in [0, 0.05) is 36.1 Å². The van der Waals surface area contributed by atoms with E-state index in [2.05, 4.69) is 31.9 Å². The molecule has 0 spiro atoms. The summed E-state index contributed by atoms with van der Waals surface area (Å²) in [6.07, 6.45) is 8.32. The number of aryl methyl sites for hydroxylation is 1. The molecule has 4 rings (SSSR count). The Balaban J connectivity index is 1.29. The molecule has 34 heavy (non-hydrogen) atoms. The number of amides is 2. The lowest BCUT2D eigenvalue weighted by atomic mass is 10.1. The van der Waals surface area contributed by atoms with Gasteiger partial charge in [-0.25, -0.2) is 4.98 Å². The maximum Gasteiger partial charge on any atom is 0.251 e. The van der Waals surface area contributed by atoms with Gasteiger partial charge in [0.25, 0.3) is 5.91 Å². The minimum atomic E-state index is -0.0404. The van der Waals surface area contributed by atoms with E-state index in [9.17, 15) is 9.59 Å². The summed E-state index contributed by atoms with van der Waals surface area (Å²) in [5, 5.41) is 2.99. The van der Waals surface area contributed by atoms with E-state index in [0.717, 1.165) is 72.9 Å². The minimum absolute atomic E-state index is 0.0404. The summed E-state index contributed by atoms with van der Waals surface area (Å²) in [5.41, 5.74) is 2.65. The van der Waals surface area contributed by atoms with Crippen molar-refractivity contribution in [3.63, 3.8) is 0 Å². The summed E-state index contributed by atoms with van der Waals surface area (Å²) in [6, 6.07) is 15.5. The Hall–Kier alpha value is -2.67. The van der Waals surface area contributed by atoms with Gasteiger partial charge in [0.05, 0.1) is 11.0 Å².